The molecule has 0 aliphatic heterocycles. The van der Waals surface area contributed by atoms with Crippen LogP contribution in [0, 0.1) is 23.7 Å². The van der Waals surface area contributed by atoms with E-state index in [1.165, 1.54) is 0 Å². The molecule has 2 N–H and O–H groups in total. The first-order valence-electron chi connectivity index (χ1n) is 6.29. The Labute approximate surface area is 145 Å². The van der Waals surface area contributed by atoms with E-state index in [1.807, 2.05) is 0 Å². The topological polar surface area (TPSA) is 40.5 Å². The third-order valence-corrected chi connectivity index (χ3v) is 10.0. The minimum atomic E-state index is -1.58. The Hall–Kier alpha value is 1.40. The van der Waals surface area contributed by atoms with Crippen molar-refractivity contribution in [3.63, 3.8) is 0 Å². The molecule has 0 saturated heterocycles. The van der Waals surface area contributed by atoms with Gasteiger partial charge in [-0.3, -0.25) is 0 Å². The molecule has 8 heteroatoms. The summed E-state index contributed by atoms with van der Waals surface area (Å²) in [4.78, 5) is -2.64. The molecule has 0 aromatic carbocycles. The SMILES string of the molecule is O[C@@H]1[C@@H](O)[C@@H]2C[C@H]1[C@@H]1[C@H]2[C@@]2(Cl)C(Cl)=C(Cl)[C@]1(Cl)C2(Cl)Cl. The van der Waals surface area contributed by atoms with Gasteiger partial charge in [0, 0.05) is 0 Å². The molecule has 4 rings (SSSR count). The molecule has 4 aliphatic rings. The van der Waals surface area contributed by atoms with E-state index in [1.54, 1.807) is 0 Å². The van der Waals surface area contributed by atoms with E-state index >= 15 is 0 Å². The molecule has 4 aliphatic carbocycles. The van der Waals surface area contributed by atoms with E-state index in [-0.39, 0.29) is 33.7 Å². The normalized spacial score (nSPS) is 62.4. The first-order valence-corrected chi connectivity index (χ1v) is 8.56. The van der Waals surface area contributed by atoms with Gasteiger partial charge in [0.1, 0.15) is 9.75 Å². The van der Waals surface area contributed by atoms with Crippen molar-refractivity contribution < 1.29 is 10.2 Å². The fourth-order valence-corrected chi connectivity index (χ4v) is 8.14. The van der Waals surface area contributed by atoms with Crippen LogP contribution in [0.15, 0.2) is 10.1 Å². The standard InChI is InChI=1S/C12H10Cl6O2/c13-8-9(14)11(16)5-3-1-2(6(19)7(3)20)4(5)10(8,15)12(11,17)18/h2-7,19-20H,1H2/t2-,3+,4+,5-,6-,7-,10-,11+/m0/s1. The van der Waals surface area contributed by atoms with Crippen LogP contribution in [-0.4, -0.2) is 36.5 Å². The number of halogens is 6. The maximum Gasteiger partial charge on any atom is 0.166 e. The number of alkyl halides is 4. The lowest BCUT2D eigenvalue weighted by atomic mass is 9.70. The third kappa shape index (κ3) is 1.16. The average molecular weight is 399 g/mol. The Balaban J connectivity index is 1.98. The van der Waals surface area contributed by atoms with Gasteiger partial charge in [0.25, 0.3) is 0 Å². The molecule has 2 nitrogen and oxygen atoms in total. The third-order valence-electron chi connectivity index (χ3n) is 5.75. The molecule has 0 unspecified atom stereocenters. The molecular formula is C12H10Cl6O2. The Kier molecular flexibility index (Phi) is 2.91. The van der Waals surface area contributed by atoms with Gasteiger partial charge in [-0.2, -0.15) is 0 Å². The number of hydrogen-bond donors (Lipinski definition) is 2. The summed E-state index contributed by atoms with van der Waals surface area (Å²) in [6, 6.07) is 0. The summed E-state index contributed by atoms with van der Waals surface area (Å²) in [6.45, 7) is 0. The molecule has 3 fully saturated rings. The zero-order valence-electron chi connectivity index (χ0n) is 9.83. The maximum absolute atomic E-state index is 10.2. The van der Waals surface area contributed by atoms with Crippen LogP contribution in [0.2, 0.25) is 0 Å². The Bertz CT molecular complexity index is 506. The molecule has 0 heterocycles. The van der Waals surface area contributed by atoms with Crippen LogP contribution < -0.4 is 0 Å². The van der Waals surface area contributed by atoms with Crippen LogP contribution in [0.1, 0.15) is 6.42 Å². The van der Waals surface area contributed by atoms with Crippen molar-refractivity contribution in [1.82, 2.24) is 0 Å². The lowest BCUT2D eigenvalue weighted by Gasteiger charge is -2.42. The van der Waals surface area contributed by atoms with E-state index in [4.69, 9.17) is 69.6 Å². The Morgan fingerprint density at radius 3 is 1.50 bits per heavy atom. The van der Waals surface area contributed by atoms with Crippen LogP contribution in [-0.2, 0) is 0 Å². The van der Waals surface area contributed by atoms with E-state index in [0.717, 1.165) is 0 Å². The van der Waals surface area contributed by atoms with Crippen LogP contribution in [0.5, 0.6) is 0 Å². The van der Waals surface area contributed by atoms with Gasteiger partial charge < -0.3 is 10.2 Å². The predicted octanol–water partition coefficient (Wildman–Crippen LogP) is 3.44. The van der Waals surface area contributed by atoms with E-state index in [2.05, 4.69) is 0 Å². The number of aliphatic hydroxyl groups excluding tert-OH is 2. The van der Waals surface area contributed by atoms with Gasteiger partial charge in [-0.15, -0.1) is 23.2 Å². The van der Waals surface area contributed by atoms with Crippen molar-refractivity contribution in [1.29, 1.82) is 0 Å². The van der Waals surface area contributed by atoms with Gasteiger partial charge in [-0.25, -0.2) is 0 Å². The van der Waals surface area contributed by atoms with Gasteiger partial charge in [-0.05, 0) is 30.1 Å². The number of fused-ring (bicyclic) bond motifs is 9. The summed E-state index contributed by atoms with van der Waals surface area (Å²) in [7, 11) is 0. The Morgan fingerprint density at radius 2 is 1.15 bits per heavy atom. The van der Waals surface area contributed by atoms with E-state index in [9.17, 15) is 10.2 Å². The molecule has 3 saturated carbocycles. The molecule has 0 amide bonds. The largest absolute Gasteiger partial charge is 0.390 e. The zero-order valence-corrected chi connectivity index (χ0v) is 14.4. The summed E-state index contributed by atoms with van der Waals surface area (Å²) in [5.41, 5.74) is 0. The summed E-state index contributed by atoms with van der Waals surface area (Å²) >= 11 is 39.0. The minimum Gasteiger partial charge on any atom is -0.390 e. The van der Waals surface area contributed by atoms with Crippen molar-refractivity contribution in [2.24, 2.45) is 23.7 Å². The van der Waals surface area contributed by atoms with Crippen molar-refractivity contribution in [2.45, 2.75) is 32.7 Å². The molecule has 20 heavy (non-hydrogen) atoms. The zero-order chi connectivity index (χ0) is 14.8. The fourth-order valence-electron chi connectivity index (χ4n) is 5.01. The average Bonchev–Trinajstić information content (AvgIpc) is 2.97. The van der Waals surface area contributed by atoms with E-state index < -0.39 is 26.3 Å². The number of allylic oxidation sites excluding steroid dienone is 2. The highest BCUT2D eigenvalue weighted by molar-refractivity contribution is 6.65. The lowest BCUT2D eigenvalue weighted by molar-refractivity contribution is -0.0559. The van der Waals surface area contributed by atoms with Crippen molar-refractivity contribution in [3.05, 3.63) is 10.1 Å². The smallest absolute Gasteiger partial charge is 0.166 e. The second kappa shape index (κ2) is 3.89. The molecule has 0 aromatic heterocycles. The van der Waals surface area contributed by atoms with Gasteiger partial charge in [-0.1, -0.05) is 46.4 Å². The highest BCUT2D eigenvalue weighted by Gasteiger charge is 2.87. The van der Waals surface area contributed by atoms with Crippen molar-refractivity contribution >= 4 is 69.6 Å². The lowest BCUT2D eigenvalue weighted by Crippen LogP contribution is -2.50. The second-order valence-corrected chi connectivity index (χ2v) is 9.50. The first kappa shape index (κ1) is 15.0. The highest BCUT2D eigenvalue weighted by Crippen LogP contribution is 2.82. The summed E-state index contributed by atoms with van der Waals surface area (Å²) < 4.78 is -1.58. The van der Waals surface area contributed by atoms with Gasteiger partial charge in [0.15, 0.2) is 4.33 Å². The van der Waals surface area contributed by atoms with Gasteiger partial charge in [0.2, 0.25) is 0 Å². The monoisotopic (exact) mass is 396 g/mol. The molecule has 0 radical (unpaired) electrons. The van der Waals surface area contributed by atoms with Gasteiger partial charge >= 0.3 is 0 Å². The van der Waals surface area contributed by atoms with Crippen LogP contribution in [0.25, 0.3) is 0 Å². The number of hydrogen-bond acceptors (Lipinski definition) is 2. The molecule has 4 bridgehead atoms. The number of aliphatic hydroxyl groups is 2. The van der Waals surface area contributed by atoms with Crippen LogP contribution in [0.4, 0.5) is 0 Å². The van der Waals surface area contributed by atoms with Crippen LogP contribution >= 0.6 is 69.6 Å². The summed E-state index contributed by atoms with van der Waals surface area (Å²) in [6.07, 6.45) is -1.09. The minimum absolute atomic E-state index is 0.163. The number of rotatable bonds is 0. The molecule has 0 aromatic rings. The summed E-state index contributed by atoms with van der Waals surface area (Å²) in [5.74, 6) is -1.05. The van der Waals surface area contributed by atoms with Crippen molar-refractivity contribution in [2.75, 3.05) is 0 Å². The summed E-state index contributed by atoms with van der Waals surface area (Å²) in [5, 5.41) is 20.6. The quantitative estimate of drug-likeness (QED) is 0.484. The Morgan fingerprint density at radius 1 is 0.800 bits per heavy atom. The first-order chi connectivity index (χ1) is 9.11. The van der Waals surface area contributed by atoms with Gasteiger partial charge in [0.05, 0.1) is 22.3 Å². The maximum atomic E-state index is 10.2. The predicted molar refractivity (Wildman–Crippen MR) is 80.9 cm³/mol. The molecular weight excluding hydrogens is 389 g/mol. The second-order valence-electron chi connectivity index (χ2n) is 6.22. The van der Waals surface area contributed by atoms with E-state index in [0.29, 0.717) is 6.42 Å². The molecule has 8 atom stereocenters. The molecule has 0 spiro atoms. The highest BCUT2D eigenvalue weighted by atomic mass is 35.5. The van der Waals surface area contributed by atoms with Crippen LogP contribution in [0.3, 0.4) is 0 Å². The fraction of sp³-hybridized carbons (Fsp3) is 0.833. The molecule has 112 valence electrons. The van der Waals surface area contributed by atoms with Crippen molar-refractivity contribution in [3.8, 4) is 0 Å².